The first kappa shape index (κ1) is 11.3. The molecule has 1 aromatic carbocycles. The van der Waals surface area contributed by atoms with Crippen molar-refractivity contribution in [2.24, 2.45) is 5.73 Å². The Bertz CT molecular complexity index is 509. The van der Waals surface area contributed by atoms with Gasteiger partial charge in [-0.1, -0.05) is 0 Å². The second-order valence-electron chi connectivity index (χ2n) is 4.67. The van der Waals surface area contributed by atoms with E-state index in [1.54, 1.807) is 0 Å². The summed E-state index contributed by atoms with van der Waals surface area (Å²) in [6, 6.07) is 8.63. The zero-order chi connectivity index (χ0) is 12.4. The summed E-state index contributed by atoms with van der Waals surface area (Å²) >= 11 is 0. The molecule has 18 heavy (non-hydrogen) atoms. The minimum Gasteiger partial charge on any atom is -0.372 e. The van der Waals surface area contributed by atoms with E-state index < -0.39 is 0 Å². The average Bonchev–Trinajstić information content (AvgIpc) is 3.10. The first-order valence-electron chi connectivity index (χ1n) is 6.45. The summed E-state index contributed by atoms with van der Waals surface area (Å²) in [6.45, 7) is 2.87. The van der Waals surface area contributed by atoms with Crippen LogP contribution in [0.2, 0.25) is 0 Å². The topological polar surface area (TPSA) is 47.1 Å². The maximum absolute atomic E-state index is 5.69. The van der Waals surface area contributed by atoms with Crippen molar-refractivity contribution in [2.45, 2.75) is 19.4 Å². The monoisotopic (exact) mass is 242 g/mol. The van der Waals surface area contributed by atoms with Crippen LogP contribution in [-0.2, 0) is 6.54 Å². The molecule has 0 aliphatic carbocycles. The zero-order valence-electron chi connectivity index (χ0n) is 10.4. The summed E-state index contributed by atoms with van der Waals surface area (Å²) in [6.07, 6.45) is 6.24. The smallest absolute Gasteiger partial charge is 0.0994 e. The molecule has 1 aromatic heterocycles. The van der Waals surface area contributed by atoms with Crippen molar-refractivity contribution < 1.29 is 0 Å². The van der Waals surface area contributed by atoms with E-state index >= 15 is 0 Å². The van der Waals surface area contributed by atoms with E-state index in [1.807, 2.05) is 17.1 Å². The number of hydrogen-bond donors (Lipinski definition) is 1. The van der Waals surface area contributed by atoms with E-state index in [4.69, 9.17) is 5.73 Å². The molecule has 2 aromatic rings. The van der Waals surface area contributed by atoms with Crippen LogP contribution in [-0.4, -0.2) is 22.6 Å². The Kier molecular flexibility index (Phi) is 3.02. The highest BCUT2D eigenvalue weighted by atomic mass is 15.1. The van der Waals surface area contributed by atoms with Gasteiger partial charge >= 0.3 is 0 Å². The van der Waals surface area contributed by atoms with Gasteiger partial charge in [0.05, 0.1) is 12.0 Å². The number of nitrogens with two attached hydrogens (primary N) is 1. The van der Waals surface area contributed by atoms with E-state index in [-0.39, 0.29) is 0 Å². The number of benzene rings is 1. The van der Waals surface area contributed by atoms with Crippen LogP contribution >= 0.6 is 0 Å². The van der Waals surface area contributed by atoms with Gasteiger partial charge in [0, 0.05) is 37.2 Å². The Morgan fingerprint density at radius 1 is 1.06 bits per heavy atom. The molecule has 1 saturated heterocycles. The Balaban J connectivity index is 1.86. The maximum atomic E-state index is 5.69. The number of nitrogens with zero attached hydrogens (tertiary/aromatic N) is 3. The summed E-state index contributed by atoms with van der Waals surface area (Å²) in [4.78, 5) is 6.57. The highest BCUT2D eigenvalue weighted by Gasteiger charge is 2.12. The second kappa shape index (κ2) is 4.82. The molecule has 0 radical (unpaired) electrons. The largest absolute Gasteiger partial charge is 0.372 e. The van der Waals surface area contributed by atoms with Crippen molar-refractivity contribution >= 4 is 5.69 Å². The van der Waals surface area contributed by atoms with Gasteiger partial charge in [-0.05, 0) is 37.1 Å². The van der Waals surface area contributed by atoms with Crippen LogP contribution in [0, 0.1) is 0 Å². The number of imidazole rings is 1. The quantitative estimate of drug-likeness (QED) is 0.894. The molecule has 94 valence electrons. The fourth-order valence-corrected chi connectivity index (χ4v) is 2.51. The van der Waals surface area contributed by atoms with Gasteiger partial charge in [0.25, 0.3) is 0 Å². The third-order valence-electron chi connectivity index (χ3n) is 3.52. The molecule has 0 atom stereocenters. The summed E-state index contributed by atoms with van der Waals surface area (Å²) in [5.74, 6) is 0. The lowest BCUT2D eigenvalue weighted by molar-refractivity contribution is 0.908. The molecule has 0 spiro atoms. The predicted octanol–water partition coefficient (Wildman–Crippen LogP) is 1.93. The van der Waals surface area contributed by atoms with Crippen LogP contribution in [0.3, 0.4) is 0 Å². The molecule has 4 nitrogen and oxygen atoms in total. The van der Waals surface area contributed by atoms with Crippen molar-refractivity contribution in [3.05, 3.63) is 42.5 Å². The van der Waals surface area contributed by atoms with Gasteiger partial charge < -0.3 is 15.2 Å². The van der Waals surface area contributed by atoms with E-state index in [2.05, 4.69) is 34.1 Å². The first-order valence-corrected chi connectivity index (χ1v) is 6.45. The number of anilines is 1. The minimum absolute atomic E-state index is 0.508. The van der Waals surface area contributed by atoms with Crippen LogP contribution in [0.5, 0.6) is 0 Å². The van der Waals surface area contributed by atoms with E-state index in [1.165, 1.54) is 31.6 Å². The van der Waals surface area contributed by atoms with Crippen LogP contribution in [0.4, 0.5) is 5.69 Å². The number of aromatic nitrogens is 2. The van der Waals surface area contributed by atoms with Crippen molar-refractivity contribution in [1.82, 2.24) is 9.55 Å². The Hall–Kier alpha value is -1.81. The first-order chi connectivity index (χ1) is 8.88. The van der Waals surface area contributed by atoms with Gasteiger partial charge in [0.2, 0.25) is 0 Å². The number of hydrogen-bond acceptors (Lipinski definition) is 3. The highest BCUT2D eigenvalue weighted by Crippen LogP contribution is 2.22. The van der Waals surface area contributed by atoms with Crippen LogP contribution in [0.25, 0.3) is 5.69 Å². The lowest BCUT2D eigenvalue weighted by atomic mass is 10.2. The Labute approximate surface area is 107 Å². The third kappa shape index (κ3) is 1.99. The van der Waals surface area contributed by atoms with E-state index in [0.29, 0.717) is 6.54 Å². The Morgan fingerprint density at radius 3 is 2.39 bits per heavy atom. The summed E-state index contributed by atoms with van der Waals surface area (Å²) in [5, 5.41) is 0. The van der Waals surface area contributed by atoms with Gasteiger partial charge in [0.1, 0.15) is 0 Å². The Morgan fingerprint density at radius 2 is 1.72 bits per heavy atom. The normalized spacial score (nSPS) is 15.3. The fraction of sp³-hybridized carbons (Fsp3) is 0.357. The van der Waals surface area contributed by atoms with Crippen LogP contribution in [0.1, 0.15) is 18.5 Å². The molecule has 1 aliphatic heterocycles. The standard InChI is InChI=1S/C14H18N4/c15-9-14-10-16-11-18(14)13-5-3-12(4-6-13)17-7-1-2-8-17/h3-6,10-11H,1-2,7-9,15H2. The van der Waals surface area contributed by atoms with Gasteiger partial charge in [-0.3, -0.25) is 0 Å². The molecule has 4 heteroatoms. The van der Waals surface area contributed by atoms with E-state index in [9.17, 15) is 0 Å². The van der Waals surface area contributed by atoms with E-state index in [0.717, 1.165) is 11.4 Å². The molecule has 2 N–H and O–H groups in total. The molecule has 0 saturated carbocycles. The lowest BCUT2D eigenvalue weighted by Crippen LogP contribution is -2.17. The fourth-order valence-electron chi connectivity index (χ4n) is 2.51. The molecule has 1 aliphatic rings. The SMILES string of the molecule is NCc1cncn1-c1ccc(N2CCCC2)cc1. The summed E-state index contributed by atoms with van der Waals surface area (Å²) < 4.78 is 2.04. The molecular formula is C14H18N4. The van der Waals surface area contributed by atoms with Gasteiger partial charge in [-0.2, -0.15) is 0 Å². The van der Waals surface area contributed by atoms with Gasteiger partial charge in [-0.25, -0.2) is 4.98 Å². The zero-order valence-corrected chi connectivity index (χ0v) is 10.4. The third-order valence-corrected chi connectivity index (χ3v) is 3.52. The van der Waals surface area contributed by atoms with Crippen molar-refractivity contribution in [2.75, 3.05) is 18.0 Å². The number of rotatable bonds is 3. The second-order valence-corrected chi connectivity index (χ2v) is 4.67. The van der Waals surface area contributed by atoms with Crippen molar-refractivity contribution in [1.29, 1.82) is 0 Å². The predicted molar refractivity (Wildman–Crippen MR) is 72.9 cm³/mol. The molecular weight excluding hydrogens is 224 g/mol. The minimum atomic E-state index is 0.508. The van der Waals surface area contributed by atoms with Crippen molar-refractivity contribution in [3.63, 3.8) is 0 Å². The molecule has 0 unspecified atom stereocenters. The average molecular weight is 242 g/mol. The summed E-state index contributed by atoms with van der Waals surface area (Å²) in [5.41, 5.74) is 9.16. The lowest BCUT2D eigenvalue weighted by Gasteiger charge is -2.18. The molecule has 0 bridgehead atoms. The van der Waals surface area contributed by atoms with Gasteiger partial charge in [0.15, 0.2) is 0 Å². The highest BCUT2D eigenvalue weighted by molar-refractivity contribution is 5.51. The van der Waals surface area contributed by atoms with Crippen LogP contribution in [0.15, 0.2) is 36.8 Å². The molecule has 1 fully saturated rings. The molecule has 2 heterocycles. The van der Waals surface area contributed by atoms with Crippen molar-refractivity contribution in [3.8, 4) is 5.69 Å². The van der Waals surface area contributed by atoms with Gasteiger partial charge in [-0.15, -0.1) is 0 Å². The maximum Gasteiger partial charge on any atom is 0.0994 e. The molecule has 3 rings (SSSR count). The molecule has 0 amide bonds. The summed E-state index contributed by atoms with van der Waals surface area (Å²) in [7, 11) is 0. The van der Waals surface area contributed by atoms with Crippen LogP contribution < -0.4 is 10.6 Å².